The van der Waals surface area contributed by atoms with Crippen LogP contribution in [-0.2, 0) is 11.3 Å². The van der Waals surface area contributed by atoms with Gasteiger partial charge in [0, 0.05) is 24.4 Å². The van der Waals surface area contributed by atoms with E-state index in [0.717, 1.165) is 42.1 Å². The number of fused-ring (bicyclic) bond motifs is 1. The summed E-state index contributed by atoms with van der Waals surface area (Å²) < 4.78 is 2.13. The summed E-state index contributed by atoms with van der Waals surface area (Å²) in [5.74, 6) is -0.557. The number of hydrogen-bond donors (Lipinski definition) is 2. The third-order valence-corrected chi connectivity index (χ3v) is 4.91. The highest BCUT2D eigenvalue weighted by molar-refractivity contribution is 5.91. The van der Waals surface area contributed by atoms with E-state index in [0.29, 0.717) is 0 Å². The molecule has 2 aromatic heterocycles. The molecule has 1 amide bonds. The molecule has 0 atom stereocenters. The van der Waals surface area contributed by atoms with E-state index >= 15 is 0 Å². The second-order valence-electron chi connectivity index (χ2n) is 6.75. The molecule has 1 aliphatic heterocycles. The number of benzene rings is 1. The second-order valence-corrected chi connectivity index (χ2v) is 6.75. The first-order chi connectivity index (χ1) is 13.2. The lowest BCUT2D eigenvalue weighted by molar-refractivity contribution is -0.124. The molecule has 0 unspecified atom stereocenters. The zero-order valence-corrected chi connectivity index (χ0v) is 15.0. The van der Waals surface area contributed by atoms with Crippen molar-refractivity contribution in [2.75, 3.05) is 13.1 Å². The van der Waals surface area contributed by atoms with Gasteiger partial charge in [-0.15, -0.1) is 0 Å². The number of rotatable bonds is 5. The fourth-order valence-electron chi connectivity index (χ4n) is 3.55. The van der Waals surface area contributed by atoms with Gasteiger partial charge in [-0.25, -0.2) is 10.5 Å². The van der Waals surface area contributed by atoms with Crippen molar-refractivity contribution in [1.29, 1.82) is 0 Å². The first-order valence-corrected chi connectivity index (χ1v) is 9.15. The zero-order chi connectivity index (χ0) is 18.6. The first-order valence-electron chi connectivity index (χ1n) is 9.15. The Balaban J connectivity index is 1.76. The Morgan fingerprint density at radius 3 is 2.70 bits per heavy atom. The monoisotopic (exact) mass is 362 g/mol. The molecule has 0 bridgehead atoms. The van der Waals surface area contributed by atoms with Crippen LogP contribution in [0.2, 0.25) is 0 Å². The number of carbonyl (C=O) groups is 1. The van der Waals surface area contributed by atoms with Crippen molar-refractivity contribution >= 4 is 17.6 Å². The SMILES string of the molecule is O=C(C=Cc1ccn2c(CN3CCCC3)c(-c3ccccc3)nc2c1)NO. The average Bonchev–Trinajstić information content (AvgIpc) is 3.35. The summed E-state index contributed by atoms with van der Waals surface area (Å²) in [6.07, 6.45) is 7.44. The maximum atomic E-state index is 11.2. The highest BCUT2D eigenvalue weighted by atomic mass is 16.5. The second kappa shape index (κ2) is 7.73. The van der Waals surface area contributed by atoms with Gasteiger partial charge in [0.15, 0.2) is 0 Å². The van der Waals surface area contributed by atoms with Gasteiger partial charge < -0.3 is 4.40 Å². The zero-order valence-electron chi connectivity index (χ0n) is 15.0. The van der Waals surface area contributed by atoms with E-state index in [4.69, 9.17) is 10.2 Å². The quantitative estimate of drug-likeness (QED) is 0.416. The van der Waals surface area contributed by atoms with Crippen molar-refractivity contribution in [3.63, 3.8) is 0 Å². The predicted octanol–water partition coefficient (Wildman–Crippen LogP) is 3.12. The van der Waals surface area contributed by atoms with Crippen LogP contribution in [0.15, 0.2) is 54.7 Å². The van der Waals surface area contributed by atoms with Crippen LogP contribution in [0.5, 0.6) is 0 Å². The summed E-state index contributed by atoms with van der Waals surface area (Å²) in [4.78, 5) is 18.6. The molecule has 2 N–H and O–H groups in total. The Morgan fingerprint density at radius 2 is 1.96 bits per heavy atom. The van der Waals surface area contributed by atoms with E-state index < -0.39 is 5.91 Å². The van der Waals surface area contributed by atoms with Gasteiger partial charge in [0.05, 0.1) is 11.4 Å². The van der Waals surface area contributed by atoms with Crippen molar-refractivity contribution in [1.82, 2.24) is 19.8 Å². The van der Waals surface area contributed by atoms with Crippen LogP contribution in [0, 0.1) is 0 Å². The Kier molecular flexibility index (Phi) is 5.00. The van der Waals surface area contributed by atoms with Gasteiger partial charge in [-0.2, -0.15) is 0 Å². The molecule has 138 valence electrons. The van der Waals surface area contributed by atoms with Crippen LogP contribution < -0.4 is 5.48 Å². The molecule has 0 aliphatic carbocycles. The lowest BCUT2D eigenvalue weighted by Crippen LogP contribution is -2.19. The molecule has 1 aliphatic rings. The lowest BCUT2D eigenvalue weighted by Gasteiger charge is -2.15. The molecular weight excluding hydrogens is 340 g/mol. The van der Waals surface area contributed by atoms with E-state index in [1.165, 1.54) is 24.6 Å². The van der Waals surface area contributed by atoms with Gasteiger partial charge in [-0.05, 0) is 49.7 Å². The maximum absolute atomic E-state index is 11.2. The Hall–Kier alpha value is -2.96. The summed E-state index contributed by atoms with van der Waals surface area (Å²) >= 11 is 0. The molecule has 1 aromatic carbocycles. The summed E-state index contributed by atoms with van der Waals surface area (Å²) in [5.41, 5.74) is 6.57. The number of nitrogens with zero attached hydrogens (tertiary/aromatic N) is 3. The number of hydrogen-bond acceptors (Lipinski definition) is 4. The normalized spacial score (nSPS) is 15.0. The van der Waals surface area contributed by atoms with E-state index in [9.17, 15) is 4.79 Å². The molecule has 3 aromatic rings. The van der Waals surface area contributed by atoms with Gasteiger partial charge >= 0.3 is 0 Å². The molecule has 0 radical (unpaired) electrons. The average molecular weight is 362 g/mol. The molecule has 1 fully saturated rings. The summed E-state index contributed by atoms with van der Waals surface area (Å²) in [7, 11) is 0. The van der Waals surface area contributed by atoms with Crippen molar-refractivity contribution in [2.24, 2.45) is 0 Å². The highest BCUT2D eigenvalue weighted by Crippen LogP contribution is 2.27. The summed E-state index contributed by atoms with van der Waals surface area (Å²) in [6.45, 7) is 3.12. The third-order valence-electron chi connectivity index (χ3n) is 4.91. The first kappa shape index (κ1) is 17.5. The molecule has 27 heavy (non-hydrogen) atoms. The maximum Gasteiger partial charge on any atom is 0.267 e. The number of nitrogens with one attached hydrogen (secondary N) is 1. The molecule has 4 rings (SSSR count). The number of likely N-dealkylation sites (tertiary alicyclic amines) is 1. The van der Waals surface area contributed by atoms with Crippen LogP contribution in [0.25, 0.3) is 23.0 Å². The van der Waals surface area contributed by atoms with E-state index in [1.54, 1.807) is 11.6 Å². The fraction of sp³-hybridized carbons (Fsp3) is 0.238. The minimum absolute atomic E-state index is 0.557. The molecule has 3 heterocycles. The van der Waals surface area contributed by atoms with Crippen LogP contribution >= 0.6 is 0 Å². The van der Waals surface area contributed by atoms with Crippen LogP contribution in [0.4, 0.5) is 0 Å². The minimum Gasteiger partial charge on any atom is -0.302 e. The Labute approximate surface area is 157 Å². The predicted molar refractivity (Wildman–Crippen MR) is 104 cm³/mol. The molecular formula is C21H22N4O2. The topological polar surface area (TPSA) is 69.9 Å². The van der Waals surface area contributed by atoms with E-state index in [-0.39, 0.29) is 0 Å². The van der Waals surface area contributed by atoms with Crippen LogP contribution in [0.3, 0.4) is 0 Å². The Bertz CT molecular complexity index is 973. The van der Waals surface area contributed by atoms with Gasteiger partial charge in [0.1, 0.15) is 5.65 Å². The van der Waals surface area contributed by atoms with Crippen molar-refractivity contribution in [3.8, 4) is 11.3 Å². The Morgan fingerprint density at radius 1 is 1.19 bits per heavy atom. The number of imidazole rings is 1. The summed E-state index contributed by atoms with van der Waals surface area (Å²) in [6, 6.07) is 14.1. The highest BCUT2D eigenvalue weighted by Gasteiger charge is 2.19. The number of pyridine rings is 1. The van der Waals surface area contributed by atoms with Crippen molar-refractivity contribution < 1.29 is 10.0 Å². The van der Waals surface area contributed by atoms with Gasteiger partial charge in [0.25, 0.3) is 5.91 Å². The van der Waals surface area contributed by atoms with Crippen LogP contribution in [-0.4, -0.2) is 38.5 Å². The standard InChI is InChI=1S/C21H22N4O2/c26-20(23-27)9-8-16-10-13-25-18(15-24-11-4-5-12-24)21(22-19(25)14-16)17-6-2-1-3-7-17/h1-3,6-10,13-14,27H,4-5,11-12,15H2,(H,23,26). The molecule has 0 spiro atoms. The number of aromatic nitrogens is 2. The molecule has 0 saturated carbocycles. The molecule has 6 heteroatoms. The number of carbonyl (C=O) groups excluding carboxylic acids is 1. The van der Waals surface area contributed by atoms with Gasteiger partial charge in [0.2, 0.25) is 0 Å². The minimum atomic E-state index is -0.557. The van der Waals surface area contributed by atoms with E-state index in [2.05, 4.69) is 21.4 Å². The molecule has 6 nitrogen and oxygen atoms in total. The fourth-order valence-corrected chi connectivity index (χ4v) is 3.55. The van der Waals surface area contributed by atoms with E-state index in [1.807, 2.05) is 36.5 Å². The van der Waals surface area contributed by atoms with Gasteiger partial charge in [-0.3, -0.25) is 14.9 Å². The largest absolute Gasteiger partial charge is 0.302 e. The summed E-state index contributed by atoms with van der Waals surface area (Å²) in [5, 5.41) is 8.61. The number of hydroxylamine groups is 1. The van der Waals surface area contributed by atoms with Crippen molar-refractivity contribution in [3.05, 3.63) is 66.0 Å². The smallest absolute Gasteiger partial charge is 0.267 e. The van der Waals surface area contributed by atoms with Crippen LogP contribution in [0.1, 0.15) is 24.1 Å². The van der Waals surface area contributed by atoms with Crippen molar-refractivity contribution in [2.45, 2.75) is 19.4 Å². The number of amides is 1. The lowest BCUT2D eigenvalue weighted by atomic mass is 10.1. The van der Waals surface area contributed by atoms with Gasteiger partial charge in [-0.1, -0.05) is 30.3 Å². The third kappa shape index (κ3) is 3.77. The molecule has 1 saturated heterocycles.